The molecule has 0 spiro atoms. The fraction of sp³-hybridized carbons (Fsp3) is 0.333. The Morgan fingerprint density at radius 3 is 2.57 bits per heavy atom. The lowest BCUT2D eigenvalue weighted by Crippen LogP contribution is -2.30. The van der Waals surface area contributed by atoms with E-state index in [2.05, 4.69) is 24.1 Å². The third-order valence-electron chi connectivity index (χ3n) is 3.83. The minimum Gasteiger partial charge on any atom is -0.448 e. The molecule has 122 valence electrons. The van der Waals surface area contributed by atoms with Crippen LogP contribution in [0.5, 0.6) is 0 Å². The van der Waals surface area contributed by atoms with E-state index in [4.69, 9.17) is 4.74 Å². The number of hydrogen-bond acceptors (Lipinski definition) is 3. The number of ether oxygens (including phenoxy) is 1. The lowest BCUT2D eigenvalue weighted by molar-refractivity contribution is -0.123. The number of aromatic amines is 1. The van der Waals surface area contributed by atoms with Crippen molar-refractivity contribution in [2.75, 3.05) is 5.32 Å². The Balaban J connectivity index is 2.03. The van der Waals surface area contributed by atoms with Gasteiger partial charge >= 0.3 is 5.97 Å². The van der Waals surface area contributed by atoms with Crippen molar-refractivity contribution in [2.45, 2.75) is 39.2 Å². The van der Waals surface area contributed by atoms with Crippen molar-refractivity contribution < 1.29 is 14.3 Å². The fourth-order valence-corrected chi connectivity index (χ4v) is 2.23. The molecule has 0 aliphatic rings. The summed E-state index contributed by atoms with van der Waals surface area (Å²) in [5.41, 5.74) is 2.16. The van der Waals surface area contributed by atoms with Gasteiger partial charge in [-0.1, -0.05) is 32.0 Å². The molecule has 1 aromatic heterocycles. The molecule has 1 heterocycles. The molecule has 0 unspecified atom stereocenters. The molecule has 2 N–H and O–H groups in total. The third kappa shape index (κ3) is 4.22. The van der Waals surface area contributed by atoms with E-state index in [9.17, 15) is 9.59 Å². The Kier molecular flexibility index (Phi) is 5.57. The second-order valence-electron chi connectivity index (χ2n) is 5.52. The molecule has 0 saturated carbocycles. The first-order valence-corrected chi connectivity index (χ1v) is 7.77. The van der Waals surface area contributed by atoms with Gasteiger partial charge in [-0.05, 0) is 43.0 Å². The first-order chi connectivity index (χ1) is 11.0. The number of para-hydroxylation sites is 1. The molecular weight excluding hydrogens is 292 g/mol. The van der Waals surface area contributed by atoms with Gasteiger partial charge in [-0.2, -0.15) is 0 Å². The van der Waals surface area contributed by atoms with Gasteiger partial charge in [-0.15, -0.1) is 0 Å². The molecule has 0 saturated heterocycles. The summed E-state index contributed by atoms with van der Waals surface area (Å²) < 4.78 is 5.17. The molecule has 0 fully saturated rings. The summed E-state index contributed by atoms with van der Waals surface area (Å²) in [5.74, 6) is -0.559. The maximum absolute atomic E-state index is 12.3. The second-order valence-corrected chi connectivity index (χ2v) is 5.52. The van der Waals surface area contributed by atoms with Crippen molar-refractivity contribution in [3.8, 4) is 0 Å². The minimum atomic E-state index is -0.879. The van der Waals surface area contributed by atoms with Crippen molar-refractivity contribution in [1.29, 1.82) is 0 Å². The molecule has 2 aromatic rings. The number of carbonyl (C=O) groups excluding carboxylic acids is 2. The van der Waals surface area contributed by atoms with Gasteiger partial charge in [0.15, 0.2) is 6.10 Å². The highest BCUT2D eigenvalue weighted by molar-refractivity contribution is 5.97. The van der Waals surface area contributed by atoms with Gasteiger partial charge in [0.1, 0.15) is 5.69 Å². The van der Waals surface area contributed by atoms with Crippen molar-refractivity contribution in [3.05, 3.63) is 53.9 Å². The zero-order valence-electron chi connectivity index (χ0n) is 13.6. The van der Waals surface area contributed by atoms with Gasteiger partial charge in [0.2, 0.25) is 0 Å². The molecule has 2 atom stereocenters. The number of esters is 1. The average Bonchev–Trinajstić information content (AvgIpc) is 3.09. The zero-order chi connectivity index (χ0) is 16.8. The highest BCUT2D eigenvalue weighted by Crippen LogP contribution is 2.26. The van der Waals surface area contributed by atoms with Crippen molar-refractivity contribution in [3.63, 3.8) is 0 Å². The lowest BCUT2D eigenvalue weighted by atomic mass is 9.97. The number of H-pyrrole nitrogens is 1. The van der Waals surface area contributed by atoms with Crippen LogP contribution in [0, 0.1) is 0 Å². The number of nitrogens with one attached hydrogen (secondary N) is 2. The largest absolute Gasteiger partial charge is 0.448 e. The SMILES string of the molecule is CC[C@H](C)c1ccccc1NC(=O)[C@H](C)OC(=O)c1ccc[nH]1. The maximum atomic E-state index is 12.3. The maximum Gasteiger partial charge on any atom is 0.355 e. The van der Waals surface area contributed by atoms with E-state index in [1.807, 2.05) is 24.3 Å². The Hall–Kier alpha value is -2.56. The molecule has 2 rings (SSSR count). The van der Waals surface area contributed by atoms with Gasteiger partial charge in [-0.25, -0.2) is 4.79 Å². The summed E-state index contributed by atoms with van der Waals surface area (Å²) in [7, 11) is 0. The molecule has 5 nitrogen and oxygen atoms in total. The molecule has 0 aliphatic carbocycles. The number of aromatic nitrogens is 1. The van der Waals surface area contributed by atoms with Gasteiger partial charge in [0, 0.05) is 11.9 Å². The number of hydrogen-bond donors (Lipinski definition) is 2. The van der Waals surface area contributed by atoms with Crippen molar-refractivity contribution in [2.24, 2.45) is 0 Å². The highest BCUT2D eigenvalue weighted by atomic mass is 16.5. The van der Waals surface area contributed by atoms with E-state index in [-0.39, 0.29) is 5.91 Å². The van der Waals surface area contributed by atoms with E-state index >= 15 is 0 Å². The predicted molar refractivity (Wildman–Crippen MR) is 89.4 cm³/mol. The summed E-state index contributed by atoms with van der Waals surface area (Å²) in [6.45, 7) is 5.77. The number of rotatable bonds is 6. The first-order valence-electron chi connectivity index (χ1n) is 7.77. The Bertz CT molecular complexity index is 665. The van der Waals surface area contributed by atoms with Crippen LogP contribution in [-0.4, -0.2) is 23.0 Å². The third-order valence-corrected chi connectivity index (χ3v) is 3.83. The summed E-state index contributed by atoms with van der Waals surface area (Å²) in [5, 5.41) is 2.85. The molecule has 0 radical (unpaired) electrons. The molecule has 1 aromatic carbocycles. The summed E-state index contributed by atoms with van der Waals surface area (Å²) >= 11 is 0. The van der Waals surface area contributed by atoms with Crippen LogP contribution in [0.15, 0.2) is 42.6 Å². The molecule has 5 heteroatoms. The van der Waals surface area contributed by atoms with Crippen LogP contribution >= 0.6 is 0 Å². The van der Waals surface area contributed by atoms with E-state index in [0.29, 0.717) is 11.6 Å². The molecule has 23 heavy (non-hydrogen) atoms. The minimum absolute atomic E-state index is 0.324. The van der Waals surface area contributed by atoms with Gasteiger partial charge in [0.05, 0.1) is 0 Å². The molecule has 1 amide bonds. The normalized spacial score (nSPS) is 13.2. The van der Waals surface area contributed by atoms with E-state index in [1.54, 1.807) is 25.3 Å². The second kappa shape index (κ2) is 7.63. The van der Waals surface area contributed by atoms with Crippen LogP contribution in [0.3, 0.4) is 0 Å². The molecular formula is C18H22N2O3. The van der Waals surface area contributed by atoms with E-state index < -0.39 is 12.1 Å². The standard InChI is InChI=1S/C18H22N2O3/c1-4-12(2)14-8-5-6-9-15(14)20-17(21)13(3)23-18(22)16-10-7-11-19-16/h5-13,19H,4H2,1-3H3,(H,20,21)/t12-,13-/m0/s1. The lowest BCUT2D eigenvalue weighted by Gasteiger charge is -2.18. The monoisotopic (exact) mass is 314 g/mol. The van der Waals surface area contributed by atoms with E-state index in [0.717, 1.165) is 17.7 Å². The number of benzene rings is 1. The van der Waals surface area contributed by atoms with Gasteiger partial charge in [0.25, 0.3) is 5.91 Å². The number of amides is 1. The quantitative estimate of drug-likeness (QED) is 0.798. The topological polar surface area (TPSA) is 71.2 Å². The molecule has 0 aliphatic heterocycles. The van der Waals surface area contributed by atoms with Gasteiger partial charge in [-0.3, -0.25) is 4.79 Å². The smallest absolute Gasteiger partial charge is 0.355 e. The Morgan fingerprint density at radius 2 is 1.91 bits per heavy atom. The van der Waals surface area contributed by atoms with Gasteiger partial charge < -0.3 is 15.0 Å². The number of carbonyl (C=O) groups is 2. The summed E-state index contributed by atoms with van der Waals surface area (Å²) in [4.78, 5) is 26.9. The first kappa shape index (κ1) is 16.8. The average molecular weight is 314 g/mol. The van der Waals surface area contributed by atoms with Crippen LogP contribution in [0.25, 0.3) is 0 Å². The predicted octanol–water partition coefficient (Wildman–Crippen LogP) is 3.71. The zero-order valence-corrected chi connectivity index (χ0v) is 13.6. The van der Waals surface area contributed by atoms with Crippen molar-refractivity contribution in [1.82, 2.24) is 4.98 Å². The Morgan fingerprint density at radius 1 is 1.17 bits per heavy atom. The van der Waals surface area contributed by atoms with Crippen LogP contribution < -0.4 is 5.32 Å². The van der Waals surface area contributed by atoms with Crippen LogP contribution in [0.2, 0.25) is 0 Å². The van der Waals surface area contributed by atoms with E-state index in [1.165, 1.54) is 0 Å². The summed E-state index contributed by atoms with van der Waals surface area (Å²) in [6, 6.07) is 11.0. The molecule has 0 bridgehead atoms. The highest BCUT2D eigenvalue weighted by Gasteiger charge is 2.20. The Labute approximate surface area is 136 Å². The fourth-order valence-electron chi connectivity index (χ4n) is 2.23. The van der Waals surface area contributed by atoms with Crippen molar-refractivity contribution >= 4 is 17.6 Å². The summed E-state index contributed by atoms with van der Waals surface area (Å²) in [6.07, 6.45) is 1.73. The number of anilines is 1. The van der Waals surface area contributed by atoms with Crippen LogP contribution in [-0.2, 0) is 9.53 Å². The van der Waals surface area contributed by atoms with Crippen LogP contribution in [0.4, 0.5) is 5.69 Å². The van der Waals surface area contributed by atoms with Crippen LogP contribution in [0.1, 0.15) is 49.2 Å².